The Hall–Kier alpha value is -2.93. The quantitative estimate of drug-likeness (QED) is 0.329. The Morgan fingerprint density at radius 1 is 1.04 bits per heavy atom. The SMILES string of the molecule is O=C(Nc1ccc(S)cc1)c1cc2cc(O)c(O)cc2oc1=O. The molecule has 0 aliphatic rings. The van der Waals surface area contributed by atoms with Crippen LogP contribution in [0, 0.1) is 0 Å². The van der Waals surface area contributed by atoms with Crippen LogP contribution in [0.4, 0.5) is 5.69 Å². The zero-order chi connectivity index (χ0) is 16.6. The number of carbonyl (C=O) groups excluding carboxylic acids is 1. The third-order valence-electron chi connectivity index (χ3n) is 3.20. The molecule has 3 aromatic rings. The number of phenolic OH excluding ortho intramolecular Hbond substituents is 2. The van der Waals surface area contributed by atoms with Gasteiger partial charge in [-0.15, -0.1) is 12.6 Å². The minimum atomic E-state index is -0.842. The number of thiol groups is 1. The molecule has 1 amide bonds. The number of fused-ring (bicyclic) bond motifs is 1. The van der Waals surface area contributed by atoms with Gasteiger partial charge in [0.2, 0.25) is 0 Å². The first-order valence-corrected chi connectivity index (χ1v) is 6.99. The van der Waals surface area contributed by atoms with Crippen LogP contribution in [0.1, 0.15) is 10.4 Å². The first-order valence-electron chi connectivity index (χ1n) is 6.54. The van der Waals surface area contributed by atoms with Crippen molar-refractivity contribution in [2.45, 2.75) is 4.90 Å². The Labute approximate surface area is 135 Å². The largest absolute Gasteiger partial charge is 0.504 e. The third-order valence-corrected chi connectivity index (χ3v) is 3.50. The Morgan fingerprint density at radius 2 is 1.70 bits per heavy atom. The number of aromatic hydroxyl groups is 2. The van der Waals surface area contributed by atoms with Crippen LogP contribution in [0.5, 0.6) is 11.5 Å². The van der Waals surface area contributed by atoms with Crippen molar-refractivity contribution >= 4 is 35.2 Å². The van der Waals surface area contributed by atoms with Gasteiger partial charge in [0, 0.05) is 22.0 Å². The van der Waals surface area contributed by atoms with Crippen LogP contribution in [0.25, 0.3) is 11.0 Å². The van der Waals surface area contributed by atoms with Gasteiger partial charge in [0.25, 0.3) is 5.91 Å². The molecule has 0 aliphatic carbocycles. The number of nitrogens with one attached hydrogen (secondary N) is 1. The molecule has 3 rings (SSSR count). The molecule has 0 atom stereocenters. The number of phenols is 2. The molecule has 3 N–H and O–H groups in total. The van der Waals surface area contributed by atoms with E-state index in [1.54, 1.807) is 24.3 Å². The fraction of sp³-hybridized carbons (Fsp3) is 0. The molecule has 0 radical (unpaired) electrons. The third kappa shape index (κ3) is 3.00. The summed E-state index contributed by atoms with van der Waals surface area (Å²) in [6.45, 7) is 0. The highest BCUT2D eigenvalue weighted by molar-refractivity contribution is 7.80. The standard InChI is InChI=1S/C16H11NO5S/c18-12-6-8-5-11(16(21)22-14(8)7-13(12)19)15(20)17-9-1-3-10(23)4-2-9/h1-7,18-19,23H,(H,17,20). The summed E-state index contributed by atoms with van der Waals surface area (Å²) in [6, 6.07) is 10.3. The summed E-state index contributed by atoms with van der Waals surface area (Å²) in [4.78, 5) is 24.9. The average molecular weight is 329 g/mol. The van der Waals surface area contributed by atoms with E-state index < -0.39 is 17.3 Å². The van der Waals surface area contributed by atoms with E-state index in [0.29, 0.717) is 11.1 Å². The van der Waals surface area contributed by atoms with Gasteiger partial charge < -0.3 is 19.9 Å². The lowest BCUT2D eigenvalue weighted by molar-refractivity contribution is 0.102. The van der Waals surface area contributed by atoms with Crippen LogP contribution >= 0.6 is 12.6 Å². The summed E-state index contributed by atoms with van der Waals surface area (Å²) in [6.07, 6.45) is 0. The monoisotopic (exact) mass is 329 g/mol. The van der Waals surface area contributed by atoms with Crippen molar-refractivity contribution in [3.8, 4) is 11.5 Å². The first-order chi connectivity index (χ1) is 10.9. The van der Waals surface area contributed by atoms with Crippen molar-refractivity contribution in [3.05, 3.63) is 58.4 Å². The van der Waals surface area contributed by atoms with Gasteiger partial charge in [0.15, 0.2) is 11.5 Å². The first kappa shape index (κ1) is 15.0. The summed E-state index contributed by atoms with van der Waals surface area (Å²) in [5.41, 5.74) is -0.481. The average Bonchev–Trinajstić information content (AvgIpc) is 2.50. The Kier molecular flexibility index (Phi) is 3.71. The predicted octanol–water partition coefficient (Wildman–Crippen LogP) is 2.75. The molecule has 23 heavy (non-hydrogen) atoms. The van der Waals surface area contributed by atoms with Gasteiger partial charge in [0.1, 0.15) is 11.1 Å². The zero-order valence-corrected chi connectivity index (χ0v) is 12.5. The van der Waals surface area contributed by atoms with Crippen LogP contribution in [0.2, 0.25) is 0 Å². The lowest BCUT2D eigenvalue weighted by Gasteiger charge is -2.06. The Bertz CT molecular complexity index is 963. The molecule has 0 bridgehead atoms. The second-order valence-corrected chi connectivity index (χ2v) is 5.34. The second-order valence-electron chi connectivity index (χ2n) is 4.83. The van der Waals surface area contributed by atoms with Gasteiger partial charge >= 0.3 is 5.63 Å². The summed E-state index contributed by atoms with van der Waals surface area (Å²) in [5.74, 6) is -1.42. The molecule has 1 heterocycles. The van der Waals surface area contributed by atoms with E-state index in [1.165, 1.54) is 12.1 Å². The molecule has 0 aliphatic heterocycles. The molecule has 7 heteroatoms. The predicted molar refractivity (Wildman–Crippen MR) is 87.5 cm³/mol. The molecular formula is C16H11NO5S. The van der Waals surface area contributed by atoms with Crippen molar-refractivity contribution in [3.63, 3.8) is 0 Å². The topological polar surface area (TPSA) is 99.8 Å². The van der Waals surface area contributed by atoms with Crippen LogP contribution in [0.15, 0.2) is 56.6 Å². The highest BCUT2D eigenvalue weighted by Gasteiger charge is 2.15. The summed E-state index contributed by atoms with van der Waals surface area (Å²) in [5, 5.41) is 21.8. The van der Waals surface area contributed by atoms with Crippen LogP contribution < -0.4 is 10.9 Å². The van der Waals surface area contributed by atoms with E-state index in [2.05, 4.69) is 17.9 Å². The molecule has 0 unspecified atom stereocenters. The van der Waals surface area contributed by atoms with E-state index >= 15 is 0 Å². The van der Waals surface area contributed by atoms with Crippen LogP contribution in [-0.2, 0) is 0 Å². The molecule has 6 nitrogen and oxygen atoms in total. The molecule has 0 saturated heterocycles. The molecule has 2 aromatic carbocycles. The summed E-state index contributed by atoms with van der Waals surface area (Å²) < 4.78 is 5.01. The fourth-order valence-electron chi connectivity index (χ4n) is 2.05. The maximum Gasteiger partial charge on any atom is 0.349 e. The van der Waals surface area contributed by atoms with Gasteiger partial charge in [-0.2, -0.15) is 0 Å². The van der Waals surface area contributed by atoms with Crippen molar-refractivity contribution in [2.75, 3.05) is 5.32 Å². The van der Waals surface area contributed by atoms with Gasteiger partial charge in [0.05, 0.1) is 0 Å². The molecule has 0 spiro atoms. The fourth-order valence-corrected chi connectivity index (χ4v) is 2.19. The van der Waals surface area contributed by atoms with Crippen LogP contribution in [0.3, 0.4) is 0 Å². The van der Waals surface area contributed by atoms with Crippen molar-refractivity contribution in [2.24, 2.45) is 0 Å². The van der Waals surface area contributed by atoms with Crippen molar-refractivity contribution in [1.82, 2.24) is 0 Å². The normalized spacial score (nSPS) is 10.7. The van der Waals surface area contributed by atoms with Gasteiger partial charge in [-0.1, -0.05) is 0 Å². The smallest absolute Gasteiger partial charge is 0.349 e. The molecule has 1 aromatic heterocycles. The minimum absolute atomic E-state index is 0.0706. The Balaban J connectivity index is 2.00. The van der Waals surface area contributed by atoms with E-state index in [4.69, 9.17) is 4.42 Å². The van der Waals surface area contributed by atoms with E-state index in [1.807, 2.05) is 0 Å². The highest BCUT2D eigenvalue weighted by Crippen LogP contribution is 2.29. The maximum atomic E-state index is 12.2. The van der Waals surface area contributed by atoms with Crippen LogP contribution in [-0.4, -0.2) is 16.1 Å². The zero-order valence-electron chi connectivity index (χ0n) is 11.6. The van der Waals surface area contributed by atoms with Crippen molar-refractivity contribution < 1.29 is 19.4 Å². The Morgan fingerprint density at radius 3 is 2.39 bits per heavy atom. The number of hydrogen-bond donors (Lipinski definition) is 4. The van der Waals surface area contributed by atoms with Gasteiger partial charge in [-0.05, 0) is 36.4 Å². The second kappa shape index (κ2) is 5.69. The van der Waals surface area contributed by atoms with E-state index in [-0.39, 0.29) is 16.9 Å². The molecular weight excluding hydrogens is 318 g/mol. The highest BCUT2D eigenvalue weighted by atomic mass is 32.1. The summed E-state index contributed by atoms with van der Waals surface area (Å²) >= 11 is 4.14. The van der Waals surface area contributed by atoms with E-state index in [0.717, 1.165) is 11.0 Å². The minimum Gasteiger partial charge on any atom is -0.504 e. The summed E-state index contributed by atoms with van der Waals surface area (Å²) in [7, 11) is 0. The van der Waals surface area contributed by atoms with Crippen molar-refractivity contribution in [1.29, 1.82) is 0 Å². The lowest BCUT2D eigenvalue weighted by atomic mass is 10.1. The molecule has 0 saturated carbocycles. The lowest BCUT2D eigenvalue weighted by Crippen LogP contribution is -2.20. The number of rotatable bonds is 2. The van der Waals surface area contributed by atoms with Gasteiger partial charge in [-0.25, -0.2) is 4.79 Å². The number of hydrogen-bond acceptors (Lipinski definition) is 6. The van der Waals surface area contributed by atoms with E-state index in [9.17, 15) is 19.8 Å². The number of anilines is 1. The number of carbonyl (C=O) groups is 1. The van der Waals surface area contributed by atoms with Gasteiger partial charge in [-0.3, -0.25) is 4.79 Å². The molecule has 116 valence electrons. The number of amides is 1. The number of benzene rings is 2. The molecule has 0 fully saturated rings. The maximum absolute atomic E-state index is 12.2.